The number of aliphatic imine (C=N–C) groups is 1. The first-order chi connectivity index (χ1) is 12.8. The van der Waals surface area contributed by atoms with E-state index in [4.69, 9.17) is 4.74 Å². The molecule has 1 fully saturated rings. The van der Waals surface area contributed by atoms with Crippen LogP contribution in [-0.2, 0) is 18.3 Å². The van der Waals surface area contributed by atoms with Gasteiger partial charge in [0, 0.05) is 27.2 Å². The molecule has 1 aromatic heterocycles. The van der Waals surface area contributed by atoms with Crippen molar-refractivity contribution in [1.29, 1.82) is 0 Å². The Morgan fingerprint density at radius 3 is 2.81 bits per heavy atom. The third-order valence-electron chi connectivity index (χ3n) is 5.04. The lowest BCUT2D eigenvalue weighted by atomic mass is 9.98. The Kier molecular flexibility index (Phi) is 6.89. The lowest BCUT2D eigenvalue weighted by Crippen LogP contribution is -2.38. The zero-order valence-electron chi connectivity index (χ0n) is 16.0. The Labute approximate surface area is 156 Å². The highest BCUT2D eigenvalue weighted by Crippen LogP contribution is 2.20. The van der Waals surface area contributed by atoms with Crippen molar-refractivity contribution < 1.29 is 4.74 Å². The number of para-hydroxylation sites is 2. The number of fused-ring (bicyclic) bond motifs is 1. The molecule has 2 N–H and O–H groups in total. The van der Waals surface area contributed by atoms with Crippen LogP contribution in [0.5, 0.6) is 0 Å². The number of hydrogen-bond donors (Lipinski definition) is 2. The minimum Gasteiger partial charge on any atom is -0.378 e. The predicted molar refractivity (Wildman–Crippen MR) is 106 cm³/mol. The number of ether oxygens (including phenoxy) is 1. The van der Waals surface area contributed by atoms with E-state index in [2.05, 4.69) is 31.2 Å². The van der Waals surface area contributed by atoms with Gasteiger partial charge >= 0.3 is 0 Å². The Morgan fingerprint density at radius 1 is 1.23 bits per heavy atom. The summed E-state index contributed by atoms with van der Waals surface area (Å²) in [7, 11) is 3.84. The molecule has 3 rings (SSSR count). The number of hydrogen-bond acceptors (Lipinski definition) is 3. The Balaban J connectivity index is 1.38. The maximum Gasteiger partial charge on any atom is 0.191 e. The van der Waals surface area contributed by atoms with Crippen LogP contribution in [-0.4, -0.2) is 41.8 Å². The van der Waals surface area contributed by atoms with Gasteiger partial charge in [-0.2, -0.15) is 0 Å². The van der Waals surface area contributed by atoms with Crippen LogP contribution < -0.4 is 10.6 Å². The van der Waals surface area contributed by atoms with Crippen molar-refractivity contribution in [2.24, 2.45) is 12.0 Å². The van der Waals surface area contributed by atoms with E-state index in [0.29, 0.717) is 12.6 Å². The van der Waals surface area contributed by atoms with Crippen LogP contribution in [0.2, 0.25) is 0 Å². The molecule has 26 heavy (non-hydrogen) atoms. The van der Waals surface area contributed by atoms with Gasteiger partial charge < -0.3 is 19.9 Å². The monoisotopic (exact) mass is 357 g/mol. The lowest BCUT2D eigenvalue weighted by molar-refractivity contribution is 0.0277. The second kappa shape index (κ2) is 9.57. The summed E-state index contributed by atoms with van der Waals surface area (Å²) in [6, 6.07) is 8.18. The molecule has 0 bridgehead atoms. The molecule has 0 spiro atoms. The second-order valence-electron chi connectivity index (χ2n) is 6.91. The highest BCUT2D eigenvalue weighted by atomic mass is 16.5. The van der Waals surface area contributed by atoms with Crippen LogP contribution in [0.25, 0.3) is 11.0 Å². The summed E-state index contributed by atoms with van der Waals surface area (Å²) in [6.45, 7) is 2.32. The average molecular weight is 358 g/mol. The average Bonchev–Trinajstić information content (AvgIpc) is 3.01. The minimum absolute atomic E-state index is 0.485. The summed E-state index contributed by atoms with van der Waals surface area (Å²) in [6.07, 6.45) is 7.95. The molecule has 1 aromatic carbocycles. The maximum atomic E-state index is 5.96. The van der Waals surface area contributed by atoms with Crippen molar-refractivity contribution in [2.75, 3.05) is 20.2 Å². The molecule has 0 atom stereocenters. The number of imidazole rings is 1. The van der Waals surface area contributed by atoms with E-state index in [1.807, 2.05) is 25.2 Å². The highest BCUT2D eigenvalue weighted by Gasteiger charge is 2.13. The fourth-order valence-corrected chi connectivity index (χ4v) is 3.50. The van der Waals surface area contributed by atoms with Gasteiger partial charge in [-0.05, 0) is 31.4 Å². The van der Waals surface area contributed by atoms with Crippen molar-refractivity contribution in [3.8, 4) is 0 Å². The standard InChI is InChI=1S/C20H31N5O/c1-21-20(22-13-8-14-26-16-9-4-3-5-10-16)23-15-19-24-17-11-6-7-12-18(17)25(19)2/h6-7,11-12,16H,3-5,8-10,13-15H2,1-2H3,(H2,21,22,23). The molecule has 0 aliphatic heterocycles. The van der Waals surface area contributed by atoms with E-state index in [1.54, 1.807) is 7.05 Å². The first kappa shape index (κ1) is 18.7. The summed E-state index contributed by atoms with van der Waals surface area (Å²) in [5.74, 6) is 1.80. The number of nitrogens with one attached hydrogen (secondary N) is 2. The molecule has 1 aliphatic rings. The Bertz CT molecular complexity index is 718. The second-order valence-corrected chi connectivity index (χ2v) is 6.91. The quantitative estimate of drug-likeness (QED) is 0.454. The molecule has 6 heteroatoms. The number of guanidine groups is 1. The largest absolute Gasteiger partial charge is 0.378 e. The molecule has 142 valence electrons. The van der Waals surface area contributed by atoms with E-state index in [0.717, 1.165) is 42.4 Å². The zero-order valence-corrected chi connectivity index (χ0v) is 16.0. The highest BCUT2D eigenvalue weighted by molar-refractivity contribution is 5.80. The van der Waals surface area contributed by atoms with Crippen molar-refractivity contribution in [3.63, 3.8) is 0 Å². The van der Waals surface area contributed by atoms with Gasteiger partial charge in [0.05, 0.1) is 23.7 Å². The van der Waals surface area contributed by atoms with Gasteiger partial charge in [-0.3, -0.25) is 4.99 Å². The zero-order chi connectivity index (χ0) is 18.2. The van der Waals surface area contributed by atoms with E-state index in [9.17, 15) is 0 Å². The van der Waals surface area contributed by atoms with Crippen LogP contribution in [0.3, 0.4) is 0 Å². The fraction of sp³-hybridized carbons (Fsp3) is 0.600. The molecule has 0 unspecified atom stereocenters. The normalized spacial score (nSPS) is 16.2. The SMILES string of the molecule is CN=C(NCCCOC1CCCCC1)NCc1nc2ccccc2n1C. The van der Waals surface area contributed by atoms with E-state index < -0.39 is 0 Å². The van der Waals surface area contributed by atoms with Crippen LogP contribution in [0.4, 0.5) is 0 Å². The third kappa shape index (κ3) is 4.97. The van der Waals surface area contributed by atoms with Gasteiger partial charge in [0.2, 0.25) is 0 Å². The van der Waals surface area contributed by atoms with Crippen molar-refractivity contribution in [3.05, 3.63) is 30.1 Å². The Hall–Kier alpha value is -2.08. The first-order valence-electron chi connectivity index (χ1n) is 9.74. The van der Waals surface area contributed by atoms with Crippen molar-refractivity contribution in [2.45, 2.75) is 51.2 Å². The number of aryl methyl sites for hydroxylation is 1. The molecule has 1 aliphatic carbocycles. The van der Waals surface area contributed by atoms with Crippen LogP contribution in [0, 0.1) is 0 Å². The Morgan fingerprint density at radius 2 is 2.04 bits per heavy atom. The molecule has 1 heterocycles. The molecule has 0 saturated heterocycles. The van der Waals surface area contributed by atoms with E-state index in [-0.39, 0.29) is 0 Å². The molecular formula is C20H31N5O. The first-order valence-corrected chi connectivity index (χ1v) is 9.74. The lowest BCUT2D eigenvalue weighted by Gasteiger charge is -2.22. The topological polar surface area (TPSA) is 63.5 Å². The summed E-state index contributed by atoms with van der Waals surface area (Å²) < 4.78 is 8.08. The number of aromatic nitrogens is 2. The van der Waals surface area contributed by atoms with Crippen molar-refractivity contribution in [1.82, 2.24) is 20.2 Å². The molecule has 6 nitrogen and oxygen atoms in total. The van der Waals surface area contributed by atoms with Crippen LogP contribution in [0.15, 0.2) is 29.3 Å². The molecule has 2 aromatic rings. The summed E-state index contributed by atoms with van der Waals surface area (Å²) in [5.41, 5.74) is 2.17. The van der Waals surface area contributed by atoms with Gasteiger partial charge in [0.1, 0.15) is 5.82 Å². The third-order valence-corrected chi connectivity index (χ3v) is 5.04. The maximum absolute atomic E-state index is 5.96. The summed E-state index contributed by atoms with van der Waals surface area (Å²) >= 11 is 0. The van der Waals surface area contributed by atoms with Gasteiger partial charge in [0.15, 0.2) is 5.96 Å². The van der Waals surface area contributed by atoms with E-state index in [1.165, 1.54) is 32.1 Å². The van der Waals surface area contributed by atoms with Gasteiger partial charge in [0.25, 0.3) is 0 Å². The van der Waals surface area contributed by atoms with E-state index >= 15 is 0 Å². The van der Waals surface area contributed by atoms with Crippen molar-refractivity contribution >= 4 is 17.0 Å². The smallest absolute Gasteiger partial charge is 0.191 e. The van der Waals surface area contributed by atoms with Gasteiger partial charge in [-0.15, -0.1) is 0 Å². The fourth-order valence-electron chi connectivity index (χ4n) is 3.50. The van der Waals surface area contributed by atoms with Crippen LogP contribution in [0.1, 0.15) is 44.3 Å². The molecular weight excluding hydrogens is 326 g/mol. The predicted octanol–water partition coefficient (Wildman–Crippen LogP) is 2.98. The van der Waals surface area contributed by atoms with Gasteiger partial charge in [-0.25, -0.2) is 4.98 Å². The number of benzene rings is 1. The number of rotatable bonds is 7. The summed E-state index contributed by atoms with van der Waals surface area (Å²) in [5, 5.41) is 6.70. The van der Waals surface area contributed by atoms with Gasteiger partial charge in [-0.1, -0.05) is 31.4 Å². The van der Waals surface area contributed by atoms with Crippen LogP contribution >= 0.6 is 0 Å². The summed E-state index contributed by atoms with van der Waals surface area (Å²) in [4.78, 5) is 8.97. The number of nitrogens with zero attached hydrogens (tertiary/aromatic N) is 3. The molecule has 0 amide bonds. The molecule has 1 saturated carbocycles. The molecule has 0 radical (unpaired) electrons. The minimum atomic E-state index is 0.485.